The minimum Gasteiger partial charge on any atom is -0.356 e. The monoisotopic (exact) mass is 201 g/mol. The average molecular weight is 201 g/mol. The summed E-state index contributed by atoms with van der Waals surface area (Å²) >= 11 is 0. The van der Waals surface area contributed by atoms with E-state index in [1.807, 2.05) is 37.3 Å². The minimum absolute atomic E-state index is 0.437. The normalized spacial score (nSPS) is 10.9. The summed E-state index contributed by atoms with van der Waals surface area (Å²) in [7, 11) is 0. The molecular weight excluding hydrogens is 186 g/mol. The molecule has 0 amide bonds. The van der Waals surface area contributed by atoms with Crippen LogP contribution in [0.25, 0.3) is 11.3 Å². The summed E-state index contributed by atoms with van der Waals surface area (Å²) in [5.41, 5.74) is 3.30. The fourth-order valence-corrected chi connectivity index (χ4v) is 1.85. The van der Waals surface area contributed by atoms with Crippen molar-refractivity contribution in [2.75, 3.05) is 0 Å². The molecule has 0 aliphatic rings. The summed E-state index contributed by atoms with van der Waals surface area (Å²) in [6.45, 7) is 6.31. The minimum atomic E-state index is 0.437. The van der Waals surface area contributed by atoms with E-state index in [1.54, 1.807) is 0 Å². The van der Waals surface area contributed by atoms with Crippen LogP contribution < -0.4 is 0 Å². The highest BCUT2D eigenvalue weighted by Crippen LogP contribution is 2.31. The number of aromatic nitrogens is 1. The number of nitrogens with zero attached hydrogens (tertiary/aromatic N) is 1. The summed E-state index contributed by atoms with van der Waals surface area (Å²) in [6.07, 6.45) is 0. The first-order valence-corrected chi connectivity index (χ1v) is 5.21. The van der Waals surface area contributed by atoms with Crippen molar-refractivity contribution in [1.82, 2.24) is 5.16 Å². The van der Waals surface area contributed by atoms with Gasteiger partial charge in [0.1, 0.15) is 0 Å². The maximum Gasteiger partial charge on any atom is 0.170 e. The third kappa shape index (κ3) is 1.80. The van der Waals surface area contributed by atoms with Crippen molar-refractivity contribution in [2.45, 2.75) is 26.7 Å². The van der Waals surface area contributed by atoms with Gasteiger partial charge < -0.3 is 4.52 Å². The van der Waals surface area contributed by atoms with Gasteiger partial charge >= 0.3 is 0 Å². The summed E-state index contributed by atoms with van der Waals surface area (Å²) in [5, 5.41) is 4.04. The standard InChI is InChI=1S/C13H15NO/c1-9(2)12-10(3)14-15-13(12)11-7-5-4-6-8-11/h4-9H,1-3H3. The van der Waals surface area contributed by atoms with Crippen LogP contribution in [0.1, 0.15) is 31.0 Å². The second-order valence-corrected chi connectivity index (χ2v) is 4.03. The Morgan fingerprint density at radius 3 is 2.40 bits per heavy atom. The molecule has 1 aromatic heterocycles. The van der Waals surface area contributed by atoms with Gasteiger partial charge in [-0.1, -0.05) is 49.3 Å². The van der Waals surface area contributed by atoms with Gasteiger partial charge in [-0.3, -0.25) is 0 Å². The molecular formula is C13H15NO. The average Bonchev–Trinajstić information content (AvgIpc) is 2.61. The largest absolute Gasteiger partial charge is 0.356 e. The van der Waals surface area contributed by atoms with Crippen LogP contribution in [-0.4, -0.2) is 5.16 Å². The zero-order valence-corrected chi connectivity index (χ0v) is 9.32. The second-order valence-electron chi connectivity index (χ2n) is 4.03. The lowest BCUT2D eigenvalue weighted by Gasteiger charge is -2.05. The molecule has 0 fully saturated rings. The molecule has 2 nitrogen and oxygen atoms in total. The Morgan fingerprint density at radius 2 is 1.80 bits per heavy atom. The number of benzene rings is 1. The molecule has 0 spiro atoms. The highest BCUT2D eigenvalue weighted by Gasteiger charge is 2.16. The van der Waals surface area contributed by atoms with Crippen LogP contribution in [0, 0.1) is 6.92 Å². The molecule has 2 rings (SSSR count). The highest BCUT2D eigenvalue weighted by atomic mass is 16.5. The van der Waals surface area contributed by atoms with Gasteiger partial charge in [0.25, 0.3) is 0 Å². The summed E-state index contributed by atoms with van der Waals surface area (Å²) in [6, 6.07) is 10.1. The number of hydrogen-bond donors (Lipinski definition) is 0. The zero-order chi connectivity index (χ0) is 10.8. The zero-order valence-electron chi connectivity index (χ0n) is 9.32. The Labute approximate surface area is 89.9 Å². The number of rotatable bonds is 2. The van der Waals surface area contributed by atoms with Crippen molar-refractivity contribution in [3.05, 3.63) is 41.6 Å². The van der Waals surface area contributed by atoms with Crippen molar-refractivity contribution >= 4 is 0 Å². The Morgan fingerprint density at radius 1 is 1.13 bits per heavy atom. The van der Waals surface area contributed by atoms with Gasteiger partial charge in [-0.2, -0.15) is 0 Å². The van der Waals surface area contributed by atoms with Crippen LogP contribution in [0.5, 0.6) is 0 Å². The Balaban J connectivity index is 2.54. The van der Waals surface area contributed by atoms with Crippen molar-refractivity contribution in [3.63, 3.8) is 0 Å². The first-order chi connectivity index (χ1) is 7.20. The second kappa shape index (κ2) is 3.89. The molecule has 2 heteroatoms. The molecule has 0 N–H and O–H groups in total. The van der Waals surface area contributed by atoms with Gasteiger partial charge in [-0.15, -0.1) is 0 Å². The molecule has 2 aromatic rings. The summed E-state index contributed by atoms with van der Waals surface area (Å²) in [5.74, 6) is 1.34. The Bertz CT molecular complexity index is 443. The predicted molar refractivity (Wildman–Crippen MR) is 60.8 cm³/mol. The fraction of sp³-hybridized carbons (Fsp3) is 0.308. The molecule has 1 aromatic carbocycles. The van der Waals surface area contributed by atoms with E-state index >= 15 is 0 Å². The third-order valence-electron chi connectivity index (χ3n) is 2.52. The third-order valence-corrected chi connectivity index (χ3v) is 2.52. The van der Waals surface area contributed by atoms with Crippen LogP contribution in [0.4, 0.5) is 0 Å². The van der Waals surface area contributed by atoms with Crippen LogP contribution >= 0.6 is 0 Å². The lowest BCUT2D eigenvalue weighted by atomic mass is 9.98. The van der Waals surface area contributed by atoms with E-state index in [1.165, 1.54) is 5.56 Å². The first-order valence-electron chi connectivity index (χ1n) is 5.21. The highest BCUT2D eigenvalue weighted by molar-refractivity contribution is 5.62. The molecule has 0 aliphatic carbocycles. The lowest BCUT2D eigenvalue weighted by molar-refractivity contribution is 0.426. The van der Waals surface area contributed by atoms with Gasteiger partial charge in [0.05, 0.1) is 5.69 Å². The topological polar surface area (TPSA) is 26.0 Å². The molecule has 0 saturated carbocycles. The van der Waals surface area contributed by atoms with Gasteiger partial charge in [0, 0.05) is 11.1 Å². The van der Waals surface area contributed by atoms with E-state index in [0.29, 0.717) is 5.92 Å². The summed E-state index contributed by atoms with van der Waals surface area (Å²) < 4.78 is 5.39. The Kier molecular flexibility index (Phi) is 2.58. The molecule has 15 heavy (non-hydrogen) atoms. The molecule has 0 aliphatic heterocycles. The molecule has 0 atom stereocenters. The van der Waals surface area contributed by atoms with E-state index in [-0.39, 0.29) is 0 Å². The van der Waals surface area contributed by atoms with Crippen LogP contribution in [0.2, 0.25) is 0 Å². The Hall–Kier alpha value is -1.57. The van der Waals surface area contributed by atoms with Gasteiger partial charge in [0.15, 0.2) is 5.76 Å². The predicted octanol–water partition coefficient (Wildman–Crippen LogP) is 3.77. The van der Waals surface area contributed by atoms with Crippen LogP contribution in [-0.2, 0) is 0 Å². The van der Waals surface area contributed by atoms with Gasteiger partial charge in [0.2, 0.25) is 0 Å². The van der Waals surface area contributed by atoms with E-state index in [2.05, 4.69) is 19.0 Å². The maximum atomic E-state index is 5.39. The molecule has 0 radical (unpaired) electrons. The first kappa shape index (κ1) is 9.97. The number of hydrogen-bond acceptors (Lipinski definition) is 2. The SMILES string of the molecule is Cc1noc(-c2ccccc2)c1C(C)C. The van der Waals surface area contributed by atoms with Crippen LogP contribution in [0.3, 0.4) is 0 Å². The van der Waals surface area contributed by atoms with E-state index < -0.39 is 0 Å². The maximum absolute atomic E-state index is 5.39. The quantitative estimate of drug-likeness (QED) is 0.739. The molecule has 1 heterocycles. The molecule has 78 valence electrons. The van der Waals surface area contributed by atoms with Gasteiger partial charge in [-0.25, -0.2) is 0 Å². The molecule has 0 unspecified atom stereocenters. The smallest absolute Gasteiger partial charge is 0.170 e. The fourth-order valence-electron chi connectivity index (χ4n) is 1.85. The van der Waals surface area contributed by atoms with Crippen molar-refractivity contribution in [3.8, 4) is 11.3 Å². The summed E-state index contributed by atoms with van der Waals surface area (Å²) in [4.78, 5) is 0. The molecule has 0 bridgehead atoms. The van der Waals surface area contributed by atoms with Crippen molar-refractivity contribution in [2.24, 2.45) is 0 Å². The molecule has 0 saturated heterocycles. The van der Waals surface area contributed by atoms with Crippen molar-refractivity contribution in [1.29, 1.82) is 0 Å². The van der Waals surface area contributed by atoms with E-state index in [0.717, 1.165) is 17.0 Å². The van der Waals surface area contributed by atoms with Gasteiger partial charge in [-0.05, 0) is 12.8 Å². The van der Waals surface area contributed by atoms with E-state index in [4.69, 9.17) is 4.52 Å². The van der Waals surface area contributed by atoms with Crippen LogP contribution in [0.15, 0.2) is 34.9 Å². The van der Waals surface area contributed by atoms with E-state index in [9.17, 15) is 0 Å². The van der Waals surface area contributed by atoms with Crippen molar-refractivity contribution < 1.29 is 4.52 Å². The number of aryl methyl sites for hydroxylation is 1. The lowest BCUT2D eigenvalue weighted by Crippen LogP contribution is -1.90.